The molecule has 0 radical (unpaired) electrons. The van der Waals surface area contributed by atoms with Gasteiger partial charge in [0.25, 0.3) is 0 Å². The third-order valence-corrected chi connectivity index (χ3v) is 4.26. The van der Waals surface area contributed by atoms with Crippen molar-refractivity contribution in [2.24, 2.45) is 5.92 Å². The van der Waals surface area contributed by atoms with Crippen LogP contribution in [0.4, 0.5) is 4.39 Å². The Morgan fingerprint density at radius 3 is 2.67 bits per heavy atom. The molecule has 0 heterocycles. The average molecular weight is 331 g/mol. The van der Waals surface area contributed by atoms with Crippen molar-refractivity contribution >= 4 is 30.3 Å². The summed E-state index contributed by atoms with van der Waals surface area (Å²) >= 11 is 5.90. The molecule has 0 spiro atoms. The molecule has 0 aliphatic carbocycles. The second-order valence-electron chi connectivity index (χ2n) is 4.87. The Bertz CT molecular complexity index is 428. The second kappa shape index (κ2) is 10.1. The molecule has 0 saturated heterocycles. The van der Waals surface area contributed by atoms with E-state index in [-0.39, 0.29) is 17.6 Å². The van der Waals surface area contributed by atoms with Crippen LogP contribution in [0.1, 0.15) is 18.4 Å². The number of hydrogen-bond donors (Lipinski definition) is 3. The lowest BCUT2D eigenvalue weighted by molar-refractivity contribution is -0.127. The van der Waals surface area contributed by atoms with E-state index in [1.165, 1.54) is 12.1 Å². The minimum Gasteiger partial charge on any atom is -0.374 e. The molecule has 2 N–H and O–H groups in total. The van der Waals surface area contributed by atoms with Crippen molar-refractivity contribution in [1.29, 1.82) is 0 Å². The number of hydrogen-bond acceptors (Lipinski definition) is 4. The van der Waals surface area contributed by atoms with Crippen LogP contribution in [0.3, 0.4) is 0 Å². The van der Waals surface area contributed by atoms with Crippen molar-refractivity contribution in [2.75, 3.05) is 17.8 Å². The van der Waals surface area contributed by atoms with Gasteiger partial charge in [-0.3, -0.25) is 4.79 Å². The van der Waals surface area contributed by atoms with Crippen LogP contribution in [-0.4, -0.2) is 35.0 Å². The number of carbonyl (C=O) groups excluding carboxylic acids is 1. The predicted molar refractivity (Wildman–Crippen MR) is 89.2 cm³/mol. The summed E-state index contributed by atoms with van der Waals surface area (Å²) in [6.45, 7) is 0. The minimum absolute atomic E-state index is 0.217. The molecule has 0 bridgehead atoms. The number of thioether (sulfide) groups is 1. The van der Waals surface area contributed by atoms with E-state index in [2.05, 4.69) is 17.9 Å². The van der Waals surface area contributed by atoms with E-state index in [1.807, 2.05) is 6.26 Å². The number of aliphatic hydroxyl groups excluding tert-OH is 1. The Balaban J connectivity index is 2.47. The van der Waals surface area contributed by atoms with Gasteiger partial charge < -0.3 is 10.4 Å². The number of rotatable bonds is 9. The smallest absolute Gasteiger partial charge is 0.226 e. The Kier molecular flexibility index (Phi) is 8.80. The SMILES string of the molecule is CSCCCC(O)NC(=O)C(CS)Cc1ccc(F)cc1. The largest absolute Gasteiger partial charge is 0.374 e. The van der Waals surface area contributed by atoms with Gasteiger partial charge in [-0.05, 0) is 49.0 Å². The summed E-state index contributed by atoms with van der Waals surface area (Å²) in [6, 6.07) is 6.07. The van der Waals surface area contributed by atoms with E-state index in [0.29, 0.717) is 18.6 Å². The van der Waals surface area contributed by atoms with E-state index in [1.54, 1.807) is 23.9 Å². The molecule has 1 aromatic carbocycles. The monoisotopic (exact) mass is 331 g/mol. The summed E-state index contributed by atoms with van der Waals surface area (Å²) in [5.74, 6) is 0.481. The van der Waals surface area contributed by atoms with Crippen molar-refractivity contribution in [3.63, 3.8) is 0 Å². The van der Waals surface area contributed by atoms with Gasteiger partial charge in [-0.15, -0.1) is 0 Å². The van der Waals surface area contributed by atoms with E-state index in [9.17, 15) is 14.3 Å². The summed E-state index contributed by atoms with van der Waals surface area (Å²) in [5.41, 5.74) is 0.877. The van der Waals surface area contributed by atoms with Gasteiger partial charge in [0.15, 0.2) is 0 Å². The van der Waals surface area contributed by atoms with Crippen LogP contribution in [0.5, 0.6) is 0 Å². The average Bonchev–Trinajstić information content (AvgIpc) is 2.46. The Morgan fingerprint density at radius 2 is 2.10 bits per heavy atom. The van der Waals surface area contributed by atoms with Gasteiger partial charge in [0.2, 0.25) is 5.91 Å². The number of amides is 1. The molecule has 118 valence electrons. The molecule has 0 aliphatic rings. The number of thiol groups is 1. The zero-order valence-corrected chi connectivity index (χ0v) is 13.8. The standard InChI is InChI=1S/C15H22FNO2S2/c1-21-8-2-3-14(18)17-15(19)12(10-20)9-11-4-6-13(16)7-5-11/h4-7,12,14,18,20H,2-3,8-10H2,1H3,(H,17,19). The van der Waals surface area contributed by atoms with Crippen molar-refractivity contribution in [2.45, 2.75) is 25.5 Å². The molecule has 0 aliphatic heterocycles. The molecule has 6 heteroatoms. The maximum absolute atomic E-state index is 12.9. The van der Waals surface area contributed by atoms with Crippen LogP contribution < -0.4 is 5.32 Å². The minimum atomic E-state index is -0.819. The Hall–Kier alpha value is -0.720. The van der Waals surface area contributed by atoms with E-state index in [4.69, 9.17) is 0 Å². The van der Waals surface area contributed by atoms with E-state index < -0.39 is 6.23 Å². The molecular formula is C15H22FNO2S2. The third kappa shape index (κ3) is 7.20. The topological polar surface area (TPSA) is 49.3 Å². The maximum atomic E-state index is 12.9. The van der Waals surface area contributed by atoms with Gasteiger partial charge in [0, 0.05) is 5.75 Å². The van der Waals surface area contributed by atoms with Crippen molar-refractivity contribution in [3.05, 3.63) is 35.6 Å². The fourth-order valence-corrected chi connectivity index (χ4v) is 2.67. The first-order valence-corrected chi connectivity index (χ1v) is 8.92. The van der Waals surface area contributed by atoms with Crippen LogP contribution in [0.2, 0.25) is 0 Å². The van der Waals surface area contributed by atoms with Crippen molar-refractivity contribution < 1.29 is 14.3 Å². The summed E-state index contributed by atoms with van der Waals surface area (Å²) in [4.78, 5) is 12.1. The lowest BCUT2D eigenvalue weighted by atomic mass is 10.00. The maximum Gasteiger partial charge on any atom is 0.226 e. The fraction of sp³-hybridized carbons (Fsp3) is 0.533. The van der Waals surface area contributed by atoms with Crippen LogP contribution in [-0.2, 0) is 11.2 Å². The molecule has 2 atom stereocenters. The summed E-state index contributed by atoms with van der Waals surface area (Å²) in [5, 5.41) is 12.4. The van der Waals surface area contributed by atoms with E-state index >= 15 is 0 Å². The second-order valence-corrected chi connectivity index (χ2v) is 6.22. The Morgan fingerprint density at radius 1 is 1.43 bits per heavy atom. The molecule has 0 saturated carbocycles. The molecular weight excluding hydrogens is 309 g/mol. The number of carbonyl (C=O) groups is 1. The number of aliphatic hydroxyl groups is 1. The molecule has 2 unspecified atom stereocenters. The molecule has 3 nitrogen and oxygen atoms in total. The lowest BCUT2D eigenvalue weighted by Gasteiger charge is -2.18. The van der Waals surface area contributed by atoms with Gasteiger partial charge in [0.05, 0.1) is 5.92 Å². The first-order chi connectivity index (χ1) is 10.1. The van der Waals surface area contributed by atoms with Crippen molar-refractivity contribution in [3.8, 4) is 0 Å². The summed E-state index contributed by atoms with van der Waals surface area (Å²) in [7, 11) is 0. The predicted octanol–water partition coefficient (Wildman–Crippen LogP) is 2.49. The molecule has 1 rings (SSSR count). The zero-order valence-electron chi connectivity index (χ0n) is 12.1. The quantitative estimate of drug-likeness (QED) is 0.370. The van der Waals surface area contributed by atoms with Gasteiger partial charge in [-0.1, -0.05) is 12.1 Å². The Labute approximate surface area is 135 Å². The normalized spacial score (nSPS) is 13.7. The fourth-order valence-electron chi connectivity index (χ4n) is 1.92. The van der Waals surface area contributed by atoms with Crippen LogP contribution in [0.15, 0.2) is 24.3 Å². The number of benzene rings is 1. The highest BCUT2D eigenvalue weighted by molar-refractivity contribution is 7.98. The van der Waals surface area contributed by atoms with Crippen LogP contribution in [0, 0.1) is 11.7 Å². The molecule has 21 heavy (non-hydrogen) atoms. The highest BCUT2D eigenvalue weighted by Gasteiger charge is 2.19. The first-order valence-electron chi connectivity index (χ1n) is 6.89. The van der Waals surface area contributed by atoms with E-state index in [0.717, 1.165) is 17.7 Å². The number of nitrogens with one attached hydrogen (secondary N) is 1. The van der Waals surface area contributed by atoms with Gasteiger partial charge >= 0.3 is 0 Å². The highest BCUT2D eigenvalue weighted by atomic mass is 32.2. The van der Waals surface area contributed by atoms with Crippen LogP contribution >= 0.6 is 24.4 Å². The molecule has 0 aromatic heterocycles. The summed E-state index contributed by atoms with van der Waals surface area (Å²) in [6.07, 6.45) is 3.06. The first kappa shape index (κ1) is 18.3. The van der Waals surface area contributed by atoms with Gasteiger partial charge in [-0.25, -0.2) is 4.39 Å². The third-order valence-electron chi connectivity index (χ3n) is 3.12. The highest BCUT2D eigenvalue weighted by Crippen LogP contribution is 2.12. The van der Waals surface area contributed by atoms with Gasteiger partial charge in [-0.2, -0.15) is 24.4 Å². The zero-order chi connectivity index (χ0) is 15.7. The molecule has 1 amide bonds. The van der Waals surface area contributed by atoms with Gasteiger partial charge in [0.1, 0.15) is 12.0 Å². The molecule has 0 fully saturated rings. The lowest BCUT2D eigenvalue weighted by Crippen LogP contribution is -2.40. The number of halogens is 1. The van der Waals surface area contributed by atoms with Crippen molar-refractivity contribution in [1.82, 2.24) is 5.32 Å². The summed E-state index contributed by atoms with van der Waals surface area (Å²) < 4.78 is 12.9. The van der Waals surface area contributed by atoms with Crippen LogP contribution in [0.25, 0.3) is 0 Å². The molecule has 1 aromatic rings.